The van der Waals surface area contributed by atoms with Gasteiger partial charge in [0.05, 0.1) is 16.8 Å². The van der Waals surface area contributed by atoms with Crippen LogP contribution in [-0.4, -0.2) is 29.4 Å². The average molecular weight is 373 g/mol. The first-order valence-electron chi connectivity index (χ1n) is 7.50. The van der Waals surface area contributed by atoms with E-state index in [1.165, 1.54) is 42.9 Å². The Hall–Kier alpha value is -3.27. The summed E-state index contributed by atoms with van der Waals surface area (Å²) in [6.45, 7) is 3.42. The van der Waals surface area contributed by atoms with Gasteiger partial charge in [-0.3, -0.25) is 9.78 Å². The lowest BCUT2D eigenvalue weighted by atomic mass is 10.3. The molecule has 3 aromatic rings. The summed E-state index contributed by atoms with van der Waals surface area (Å²) in [7, 11) is -3.84. The van der Waals surface area contributed by atoms with Crippen LogP contribution in [0.15, 0.2) is 52.3 Å². The number of hydrogen-bond acceptors (Lipinski definition) is 7. The molecule has 0 unspecified atom stereocenters. The molecular weight excluding hydrogens is 358 g/mol. The lowest BCUT2D eigenvalue weighted by Crippen LogP contribution is -2.15. The summed E-state index contributed by atoms with van der Waals surface area (Å²) in [4.78, 5) is 19.7. The van der Waals surface area contributed by atoms with E-state index in [9.17, 15) is 13.2 Å². The fourth-order valence-corrected chi connectivity index (χ4v) is 3.07. The number of nitrogens with one attached hydrogen (secondary N) is 2. The van der Waals surface area contributed by atoms with E-state index in [4.69, 9.17) is 4.52 Å². The van der Waals surface area contributed by atoms with Gasteiger partial charge in [-0.15, -0.1) is 0 Å². The Labute approximate surface area is 149 Å². The number of benzene rings is 1. The molecule has 0 atom stereocenters. The number of aryl methyl sites for hydroxylation is 1. The standard InChI is InChI=1S/C16H15N5O4S/c1-10-11(2)20-25-16(10)21-26(23,24)13-5-3-12(4-6-13)19-15(22)14-9-17-7-8-18-14/h3-9,21H,1-2H3,(H,19,22). The Kier molecular flexibility index (Phi) is 4.67. The molecule has 9 nitrogen and oxygen atoms in total. The van der Waals surface area contributed by atoms with Gasteiger partial charge in [0.15, 0.2) is 0 Å². The first-order valence-corrected chi connectivity index (χ1v) is 8.98. The Morgan fingerprint density at radius 3 is 2.42 bits per heavy atom. The monoisotopic (exact) mass is 373 g/mol. The van der Waals surface area contributed by atoms with E-state index < -0.39 is 15.9 Å². The van der Waals surface area contributed by atoms with Crippen molar-refractivity contribution in [2.24, 2.45) is 0 Å². The summed E-state index contributed by atoms with van der Waals surface area (Å²) >= 11 is 0. The largest absolute Gasteiger partial charge is 0.337 e. The zero-order valence-corrected chi connectivity index (χ0v) is 14.7. The molecule has 0 radical (unpaired) electrons. The number of nitrogens with zero attached hydrogens (tertiary/aromatic N) is 3. The first kappa shape index (κ1) is 17.5. The highest BCUT2D eigenvalue weighted by molar-refractivity contribution is 7.92. The van der Waals surface area contributed by atoms with E-state index in [2.05, 4.69) is 25.2 Å². The zero-order valence-electron chi connectivity index (χ0n) is 13.9. The number of carbonyl (C=O) groups excluding carboxylic acids is 1. The predicted molar refractivity (Wildman–Crippen MR) is 93.2 cm³/mol. The summed E-state index contributed by atoms with van der Waals surface area (Å²) in [6, 6.07) is 5.68. The van der Waals surface area contributed by atoms with Gasteiger partial charge in [-0.25, -0.2) is 18.1 Å². The summed E-state index contributed by atoms with van der Waals surface area (Å²) in [6.07, 6.45) is 4.20. The van der Waals surface area contributed by atoms with Gasteiger partial charge in [-0.1, -0.05) is 5.16 Å². The van der Waals surface area contributed by atoms with Crippen molar-refractivity contribution >= 4 is 27.5 Å². The highest BCUT2D eigenvalue weighted by Crippen LogP contribution is 2.22. The van der Waals surface area contributed by atoms with Crippen LogP contribution in [0.3, 0.4) is 0 Å². The number of aromatic nitrogens is 3. The van der Waals surface area contributed by atoms with Crippen LogP contribution >= 0.6 is 0 Å². The number of sulfonamides is 1. The second kappa shape index (κ2) is 6.92. The quantitative estimate of drug-likeness (QED) is 0.701. The number of amides is 1. The van der Waals surface area contributed by atoms with E-state index >= 15 is 0 Å². The van der Waals surface area contributed by atoms with Crippen LogP contribution in [0.5, 0.6) is 0 Å². The van der Waals surface area contributed by atoms with Gasteiger partial charge in [0, 0.05) is 23.6 Å². The van der Waals surface area contributed by atoms with Crippen LogP contribution in [0.4, 0.5) is 11.6 Å². The average Bonchev–Trinajstić information content (AvgIpc) is 2.94. The van der Waals surface area contributed by atoms with E-state index in [1.54, 1.807) is 13.8 Å². The molecule has 0 saturated carbocycles. The number of carbonyl (C=O) groups is 1. The molecule has 0 saturated heterocycles. The van der Waals surface area contributed by atoms with Gasteiger partial charge in [0.25, 0.3) is 15.9 Å². The van der Waals surface area contributed by atoms with Gasteiger partial charge in [-0.2, -0.15) is 0 Å². The Balaban J connectivity index is 1.74. The van der Waals surface area contributed by atoms with Crippen molar-refractivity contribution < 1.29 is 17.7 Å². The number of hydrogen-bond donors (Lipinski definition) is 2. The van der Waals surface area contributed by atoms with Crippen molar-refractivity contribution in [2.45, 2.75) is 18.7 Å². The van der Waals surface area contributed by atoms with Gasteiger partial charge in [0.2, 0.25) is 5.88 Å². The van der Waals surface area contributed by atoms with Crippen molar-refractivity contribution in [3.8, 4) is 0 Å². The van der Waals surface area contributed by atoms with Crippen molar-refractivity contribution in [1.29, 1.82) is 0 Å². The maximum Gasteiger partial charge on any atom is 0.275 e. The van der Waals surface area contributed by atoms with Crippen LogP contribution in [0.2, 0.25) is 0 Å². The Morgan fingerprint density at radius 2 is 1.85 bits per heavy atom. The van der Waals surface area contributed by atoms with Crippen molar-refractivity contribution in [3.05, 3.63) is 59.8 Å². The molecule has 0 aliphatic carbocycles. The Morgan fingerprint density at radius 1 is 1.12 bits per heavy atom. The van der Waals surface area contributed by atoms with E-state index in [1.807, 2.05) is 0 Å². The first-order chi connectivity index (χ1) is 12.4. The van der Waals surface area contributed by atoms with Crippen LogP contribution < -0.4 is 10.0 Å². The van der Waals surface area contributed by atoms with Crippen LogP contribution in [0.1, 0.15) is 21.7 Å². The molecule has 2 N–H and O–H groups in total. The molecule has 26 heavy (non-hydrogen) atoms. The van der Waals surface area contributed by atoms with Crippen LogP contribution in [0, 0.1) is 13.8 Å². The highest BCUT2D eigenvalue weighted by atomic mass is 32.2. The van der Waals surface area contributed by atoms with E-state index in [0.717, 1.165) is 0 Å². The van der Waals surface area contributed by atoms with Gasteiger partial charge >= 0.3 is 0 Å². The summed E-state index contributed by atoms with van der Waals surface area (Å²) in [5, 5.41) is 6.32. The lowest BCUT2D eigenvalue weighted by Gasteiger charge is -2.08. The summed E-state index contributed by atoms with van der Waals surface area (Å²) in [5.74, 6) is -0.373. The normalized spacial score (nSPS) is 11.2. The minimum atomic E-state index is -3.84. The predicted octanol–water partition coefficient (Wildman–Crippen LogP) is 2.13. The van der Waals surface area contributed by atoms with Crippen LogP contribution in [0.25, 0.3) is 0 Å². The molecule has 0 fully saturated rings. The third kappa shape index (κ3) is 3.70. The zero-order chi connectivity index (χ0) is 18.7. The third-order valence-corrected chi connectivity index (χ3v) is 4.95. The SMILES string of the molecule is Cc1noc(NS(=O)(=O)c2ccc(NC(=O)c3cnccn3)cc2)c1C. The maximum absolute atomic E-state index is 12.4. The summed E-state index contributed by atoms with van der Waals surface area (Å²) in [5.41, 5.74) is 1.79. The second-order valence-electron chi connectivity index (χ2n) is 5.40. The van der Waals surface area contributed by atoms with Crippen molar-refractivity contribution in [2.75, 3.05) is 10.0 Å². The highest BCUT2D eigenvalue weighted by Gasteiger charge is 2.19. The molecule has 3 rings (SSSR count). The van der Waals surface area contributed by atoms with Crippen molar-refractivity contribution in [3.63, 3.8) is 0 Å². The molecule has 2 heterocycles. The molecule has 10 heteroatoms. The topological polar surface area (TPSA) is 127 Å². The van der Waals surface area contributed by atoms with E-state index in [-0.39, 0.29) is 16.5 Å². The molecular formula is C16H15N5O4S. The maximum atomic E-state index is 12.4. The molecule has 0 aliphatic heterocycles. The minimum absolute atomic E-state index is 0.0171. The number of anilines is 2. The summed E-state index contributed by atoms with van der Waals surface area (Å²) < 4.78 is 32.1. The van der Waals surface area contributed by atoms with Crippen molar-refractivity contribution in [1.82, 2.24) is 15.1 Å². The fraction of sp³-hybridized carbons (Fsp3) is 0.125. The molecule has 2 aromatic heterocycles. The molecule has 0 bridgehead atoms. The fourth-order valence-electron chi connectivity index (χ4n) is 2.02. The van der Waals surface area contributed by atoms with Gasteiger partial charge in [0.1, 0.15) is 5.69 Å². The molecule has 134 valence electrons. The van der Waals surface area contributed by atoms with Gasteiger partial charge in [-0.05, 0) is 38.1 Å². The molecule has 0 spiro atoms. The number of rotatable bonds is 5. The lowest BCUT2D eigenvalue weighted by molar-refractivity contribution is 0.102. The molecule has 0 aliphatic rings. The minimum Gasteiger partial charge on any atom is -0.337 e. The van der Waals surface area contributed by atoms with E-state index in [0.29, 0.717) is 16.9 Å². The molecule has 1 amide bonds. The third-order valence-electron chi connectivity index (χ3n) is 3.60. The Bertz CT molecular complexity index is 1030. The molecule has 1 aromatic carbocycles. The van der Waals surface area contributed by atoms with Crippen LogP contribution in [-0.2, 0) is 10.0 Å². The smallest absolute Gasteiger partial charge is 0.275 e. The second-order valence-corrected chi connectivity index (χ2v) is 7.08. The van der Waals surface area contributed by atoms with Gasteiger partial charge < -0.3 is 9.84 Å².